The minimum absolute atomic E-state index is 0.632. The minimum Gasteiger partial charge on any atom is -0.494 e. The highest BCUT2D eigenvalue weighted by atomic mass is 16.5. The Morgan fingerprint density at radius 3 is 2.36 bits per heavy atom. The monoisotopic (exact) mass is 338 g/mol. The van der Waals surface area contributed by atoms with Crippen molar-refractivity contribution in [3.63, 3.8) is 0 Å². The number of anilines is 1. The zero-order valence-electron chi connectivity index (χ0n) is 14.9. The molecule has 2 aromatic carbocycles. The number of hydrogen-bond acceptors (Lipinski definition) is 5. The van der Waals surface area contributed by atoms with Crippen molar-refractivity contribution in [3.8, 4) is 17.2 Å². The van der Waals surface area contributed by atoms with Crippen LogP contribution in [0.5, 0.6) is 17.2 Å². The standard InChI is InChI=1S/C20H22N2O3/c1-13-10-19(22-20-15(13)6-5-7-17(20)24-3)21-12-14-8-9-16(23-2)18(11-14)25-4/h5-11H,12H2,1-4H3,(H,21,22). The number of fused-ring (bicyclic) bond motifs is 1. The molecule has 0 radical (unpaired) electrons. The SMILES string of the molecule is COc1ccc(CNc2cc(C)c3cccc(OC)c3n2)cc1OC. The third-order valence-electron chi connectivity index (χ3n) is 4.15. The Labute approximate surface area is 147 Å². The molecule has 0 bridgehead atoms. The summed E-state index contributed by atoms with van der Waals surface area (Å²) < 4.78 is 16.1. The second-order valence-electron chi connectivity index (χ2n) is 5.72. The number of aryl methyl sites for hydroxylation is 1. The third-order valence-corrected chi connectivity index (χ3v) is 4.15. The molecule has 0 aliphatic heterocycles. The van der Waals surface area contributed by atoms with Gasteiger partial charge in [0.15, 0.2) is 11.5 Å². The highest BCUT2D eigenvalue weighted by Crippen LogP contribution is 2.29. The molecule has 130 valence electrons. The fourth-order valence-corrected chi connectivity index (χ4v) is 2.83. The summed E-state index contributed by atoms with van der Waals surface area (Å²) in [6.45, 7) is 2.71. The van der Waals surface area contributed by atoms with Crippen LogP contribution < -0.4 is 19.5 Å². The van der Waals surface area contributed by atoms with Gasteiger partial charge < -0.3 is 19.5 Å². The van der Waals surface area contributed by atoms with Crippen LogP contribution in [0.3, 0.4) is 0 Å². The van der Waals surface area contributed by atoms with Gasteiger partial charge in [0.1, 0.15) is 17.1 Å². The fourth-order valence-electron chi connectivity index (χ4n) is 2.83. The molecule has 0 fully saturated rings. The van der Waals surface area contributed by atoms with Crippen LogP contribution in [0.2, 0.25) is 0 Å². The van der Waals surface area contributed by atoms with Crippen LogP contribution in [0.25, 0.3) is 10.9 Å². The van der Waals surface area contributed by atoms with Gasteiger partial charge in [-0.25, -0.2) is 4.98 Å². The molecule has 5 heteroatoms. The molecule has 0 amide bonds. The molecular formula is C20H22N2O3. The summed E-state index contributed by atoms with van der Waals surface area (Å²) in [7, 11) is 4.93. The minimum atomic E-state index is 0.632. The van der Waals surface area contributed by atoms with E-state index < -0.39 is 0 Å². The van der Waals surface area contributed by atoms with Crippen LogP contribution in [-0.4, -0.2) is 26.3 Å². The van der Waals surface area contributed by atoms with E-state index in [2.05, 4.69) is 18.3 Å². The maximum atomic E-state index is 5.44. The van der Waals surface area contributed by atoms with Crippen LogP contribution in [0.4, 0.5) is 5.82 Å². The lowest BCUT2D eigenvalue weighted by Crippen LogP contribution is -2.03. The molecule has 0 saturated heterocycles. The first-order chi connectivity index (χ1) is 12.2. The fraction of sp³-hybridized carbons (Fsp3) is 0.250. The quantitative estimate of drug-likeness (QED) is 0.731. The summed E-state index contributed by atoms with van der Waals surface area (Å²) in [5.74, 6) is 3.02. The predicted molar refractivity (Wildman–Crippen MR) is 99.9 cm³/mol. The second kappa shape index (κ2) is 7.30. The van der Waals surface area contributed by atoms with Crippen LogP contribution in [0.1, 0.15) is 11.1 Å². The van der Waals surface area contributed by atoms with E-state index in [0.717, 1.165) is 39.3 Å². The van der Waals surface area contributed by atoms with Crippen LogP contribution in [0, 0.1) is 6.92 Å². The van der Waals surface area contributed by atoms with Gasteiger partial charge in [-0.2, -0.15) is 0 Å². The maximum Gasteiger partial charge on any atom is 0.161 e. The summed E-state index contributed by atoms with van der Waals surface area (Å²) in [5.41, 5.74) is 3.09. The second-order valence-corrected chi connectivity index (χ2v) is 5.72. The number of nitrogens with zero attached hydrogens (tertiary/aromatic N) is 1. The Balaban J connectivity index is 1.86. The van der Waals surface area contributed by atoms with E-state index in [9.17, 15) is 0 Å². The summed E-state index contributed by atoms with van der Waals surface area (Å²) in [5, 5.41) is 4.46. The van der Waals surface area contributed by atoms with E-state index in [1.54, 1.807) is 21.3 Å². The van der Waals surface area contributed by atoms with Crippen molar-refractivity contribution in [2.75, 3.05) is 26.6 Å². The lowest BCUT2D eigenvalue weighted by molar-refractivity contribution is 0.354. The summed E-state index contributed by atoms with van der Waals surface area (Å²) in [6, 6.07) is 13.9. The van der Waals surface area contributed by atoms with E-state index in [-0.39, 0.29) is 0 Å². The van der Waals surface area contributed by atoms with Gasteiger partial charge in [-0.1, -0.05) is 18.2 Å². The van der Waals surface area contributed by atoms with Gasteiger partial charge in [0, 0.05) is 11.9 Å². The van der Waals surface area contributed by atoms with Crippen LogP contribution in [0.15, 0.2) is 42.5 Å². The average Bonchev–Trinajstić information content (AvgIpc) is 2.65. The molecule has 25 heavy (non-hydrogen) atoms. The van der Waals surface area contributed by atoms with E-state index in [4.69, 9.17) is 19.2 Å². The van der Waals surface area contributed by atoms with Gasteiger partial charge in [0.25, 0.3) is 0 Å². The number of rotatable bonds is 6. The van der Waals surface area contributed by atoms with Crippen molar-refractivity contribution in [1.29, 1.82) is 0 Å². The number of methoxy groups -OCH3 is 3. The topological polar surface area (TPSA) is 52.6 Å². The highest BCUT2D eigenvalue weighted by Gasteiger charge is 2.08. The van der Waals surface area contributed by atoms with Crippen molar-refractivity contribution >= 4 is 16.7 Å². The first-order valence-corrected chi connectivity index (χ1v) is 8.05. The number of nitrogens with one attached hydrogen (secondary N) is 1. The van der Waals surface area contributed by atoms with Crippen molar-refractivity contribution in [3.05, 3.63) is 53.6 Å². The van der Waals surface area contributed by atoms with Gasteiger partial charge in [-0.15, -0.1) is 0 Å². The van der Waals surface area contributed by atoms with Crippen molar-refractivity contribution in [1.82, 2.24) is 4.98 Å². The van der Waals surface area contributed by atoms with Crippen molar-refractivity contribution in [2.24, 2.45) is 0 Å². The normalized spacial score (nSPS) is 10.6. The number of aromatic nitrogens is 1. The number of ether oxygens (including phenoxy) is 3. The highest BCUT2D eigenvalue weighted by molar-refractivity contribution is 5.88. The lowest BCUT2D eigenvalue weighted by Gasteiger charge is -2.13. The molecular weight excluding hydrogens is 316 g/mol. The molecule has 1 heterocycles. The van der Waals surface area contributed by atoms with E-state index >= 15 is 0 Å². The Hall–Kier alpha value is -2.95. The van der Waals surface area contributed by atoms with Gasteiger partial charge in [0.05, 0.1) is 21.3 Å². The number of para-hydroxylation sites is 1. The average molecular weight is 338 g/mol. The number of pyridine rings is 1. The van der Waals surface area contributed by atoms with Gasteiger partial charge >= 0.3 is 0 Å². The number of benzene rings is 2. The Morgan fingerprint density at radius 1 is 0.880 bits per heavy atom. The largest absolute Gasteiger partial charge is 0.494 e. The van der Waals surface area contributed by atoms with E-state index in [1.807, 2.05) is 36.4 Å². The van der Waals surface area contributed by atoms with E-state index in [0.29, 0.717) is 12.3 Å². The molecule has 1 N–H and O–H groups in total. The Kier molecular flexibility index (Phi) is 4.93. The van der Waals surface area contributed by atoms with Gasteiger partial charge in [-0.05, 0) is 42.3 Å². The van der Waals surface area contributed by atoms with Crippen LogP contribution >= 0.6 is 0 Å². The predicted octanol–water partition coefficient (Wildman–Crippen LogP) is 4.18. The van der Waals surface area contributed by atoms with Crippen molar-refractivity contribution < 1.29 is 14.2 Å². The molecule has 1 aromatic heterocycles. The lowest BCUT2D eigenvalue weighted by atomic mass is 10.1. The Bertz CT molecular complexity index is 893. The van der Waals surface area contributed by atoms with Gasteiger partial charge in [-0.3, -0.25) is 0 Å². The molecule has 0 saturated carbocycles. The summed E-state index contributed by atoms with van der Waals surface area (Å²) >= 11 is 0. The van der Waals surface area contributed by atoms with E-state index in [1.165, 1.54) is 0 Å². The number of hydrogen-bond donors (Lipinski definition) is 1. The molecule has 5 nitrogen and oxygen atoms in total. The smallest absolute Gasteiger partial charge is 0.161 e. The van der Waals surface area contributed by atoms with Crippen LogP contribution in [-0.2, 0) is 6.54 Å². The Morgan fingerprint density at radius 2 is 1.64 bits per heavy atom. The third kappa shape index (κ3) is 3.45. The molecule has 0 atom stereocenters. The maximum absolute atomic E-state index is 5.44. The molecule has 0 aliphatic rings. The van der Waals surface area contributed by atoms with Gasteiger partial charge in [0.2, 0.25) is 0 Å². The summed E-state index contributed by atoms with van der Waals surface area (Å²) in [6.07, 6.45) is 0. The molecule has 0 spiro atoms. The van der Waals surface area contributed by atoms with Crippen molar-refractivity contribution in [2.45, 2.75) is 13.5 Å². The zero-order valence-corrected chi connectivity index (χ0v) is 14.9. The zero-order chi connectivity index (χ0) is 17.8. The first kappa shape index (κ1) is 16.9. The molecule has 0 aliphatic carbocycles. The molecule has 3 rings (SSSR count). The molecule has 3 aromatic rings. The molecule has 0 unspecified atom stereocenters. The summed E-state index contributed by atoms with van der Waals surface area (Å²) in [4.78, 5) is 4.71. The first-order valence-electron chi connectivity index (χ1n) is 8.05.